The molecular weight excluding hydrogens is 388 g/mol. The second kappa shape index (κ2) is 10.4. The molecule has 0 spiro atoms. The number of nitrogens with zero attached hydrogens (tertiary/aromatic N) is 3. The van der Waals surface area contributed by atoms with Crippen molar-refractivity contribution in [2.24, 2.45) is 0 Å². The zero-order valence-corrected chi connectivity index (χ0v) is 16.9. The summed E-state index contributed by atoms with van der Waals surface area (Å²) in [6.45, 7) is 2.82. The maximum atomic E-state index is 12.1. The van der Waals surface area contributed by atoms with Gasteiger partial charge in [0.1, 0.15) is 12.7 Å². The number of hydrogen-bond acceptors (Lipinski definition) is 6. The van der Waals surface area contributed by atoms with E-state index in [9.17, 15) is 9.59 Å². The predicted molar refractivity (Wildman–Crippen MR) is 111 cm³/mol. The van der Waals surface area contributed by atoms with Crippen molar-refractivity contribution >= 4 is 23.6 Å². The van der Waals surface area contributed by atoms with Gasteiger partial charge in [0.05, 0.1) is 12.1 Å². The fourth-order valence-corrected chi connectivity index (χ4v) is 3.28. The minimum Gasteiger partial charge on any atom is -0.452 e. The van der Waals surface area contributed by atoms with Crippen LogP contribution in [-0.2, 0) is 16.1 Å². The Morgan fingerprint density at radius 2 is 1.86 bits per heavy atom. The molecule has 0 bridgehead atoms. The zero-order chi connectivity index (χ0) is 20.5. The molecule has 8 heteroatoms. The van der Waals surface area contributed by atoms with Crippen molar-refractivity contribution in [3.8, 4) is 0 Å². The van der Waals surface area contributed by atoms with Crippen molar-refractivity contribution in [3.63, 3.8) is 0 Å². The number of esters is 1. The summed E-state index contributed by atoms with van der Waals surface area (Å²) < 4.78 is 6.77. The molecule has 0 saturated heterocycles. The lowest BCUT2D eigenvalue weighted by Crippen LogP contribution is -2.30. The number of benzene rings is 2. The second-order valence-electron chi connectivity index (χ2n) is 6.38. The average Bonchev–Trinajstić information content (AvgIpc) is 3.24. The van der Waals surface area contributed by atoms with Gasteiger partial charge in [-0.3, -0.25) is 4.79 Å². The minimum absolute atomic E-state index is 0.297. The number of aromatic nitrogens is 3. The van der Waals surface area contributed by atoms with Crippen LogP contribution in [0.15, 0.2) is 66.1 Å². The van der Waals surface area contributed by atoms with Crippen molar-refractivity contribution in [2.45, 2.75) is 18.4 Å². The Balaban J connectivity index is 1.35. The average molecular weight is 410 g/mol. The first-order valence-electron chi connectivity index (χ1n) is 9.15. The van der Waals surface area contributed by atoms with Gasteiger partial charge in [-0.25, -0.2) is 14.5 Å². The van der Waals surface area contributed by atoms with Crippen molar-refractivity contribution in [3.05, 3.63) is 77.9 Å². The molecule has 0 radical (unpaired) electrons. The SMILES string of the molecule is Cc1ccc(SCCNC(=O)COC(=O)c2ccc(Cn3cncn3)cc2)cc1. The molecule has 0 aliphatic heterocycles. The van der Waals surface area contributed by atoms with Crippen molar-refractivity contribution in [2.75, 3.05) is 18.9 Å². The normalized spacial score (nSPS) is 10.5. The molecule has 0 aliphatic carbocycles. The van der Waals surface area contributed by atoms with Crippen molar-refractivity contribution < 1.29 is 14.3 Å². The molecule has 7 nitrogen and oxygen atoms in total. The summed E-state index contributed by atoms with van der Waals surface area (Å²) in [5, 5.41) is 6.79. The van der Waals surface area contributed by atoms with E-state index in [0.29, 0.717) is 18.7 Å². The van der Waals surface area contributed by atoms with Crippen LogP contribution >= 0.6 is 11.8 Å². The highest BCUT2D eigenvalue weighted by Crippen LogP contribution is 2.17. The third-order valence-electron chi connectivity index (χ3n) is 4.05. The summed E-state index contributed by atoms with van der Waals surface area (Å²) in [4.78, 5) is 29.0. The largest absolute Gasteiger partial charge is 0.452 e. The van der Waals surface area contributed by atoms with Gasteiger partial charge >= 0.3 is 5.97 Å². The van der Waals surface area contributed by atoms with Crippen LogP contribution in [0.3, 0.4) is 0 Å². The minimum atomic E-state index is -0.526. The number of ether oxygens (including phenoxy) is 1. The maximum Gasteiger partial charge on any atom is 0.338 e. The first-order chi connectivity index (χ1) is 14.1. The fourth-order valence-electron chi connectivity index (χ4n) is 2.51. The molecule has 1 heterocycles. The van der Waals surface area contributed by atoms with Crippen LogP contribution in [-0.4, -0.2) is 45.5 Å². The van der Waals surface area contributed by atoms with E-state index in [1.54, 1.807) is 34.9 Å². The lowest BCUT2D eigenvalue weighted by Gasteiger charge is -2.07. The molecule has 0 fully saturated rings. The molecular formula is C21H22N4O3S. The first-order valence-corrected chi connectivity index (χ1v) is 10.1. The van der Waals surface area contributed by atoms with Crippen molar-refractivity contribution in [1.82, 2.24) is 20.1 Å². The van der Waals surface area contributed by atoms with Crippen molar-refractivity contribution in [1.29, 1.82) is 0 Å². The number of hydrogen-bond donors (Lipinski definition) is 1. The van der Waals surface area contributed by atoms with Crippen LogP contribution in [0.2, 0.25) is 0 Å². The number of thioether (sulfide) groups is 1. The Morgan fingerprint density at radius 3 is 2.55 bits per heavy atom. The molecule has 0 aliphatic rings. The predicted octanol–water partition coefficient (Wildman–Crippen LogP) is 2.70. The van der Waals surface area contributed by atoms with Gasteiger partial charge in [0.2, 0.25) is 0 Å². The van der Waals surface area contributed by atoms with Gasteiger partial charge < -0.3 is 10.1 Å². The lowest BCUT2D eigenvalue weighted by molar-refractivity contribution is -0.124. The van der Waals surface area contributed by atoms with E-state index in [1.807, 2.05) is 19.1 Å². The molecule has 3 rings (SSSR count). The highest BCUT2D eigenvalue weighted by Gasteiger charge is 2.10. The molecule has 0 atom stereocenters. The van der Waals surface area contributed by atoms with Gasteiger partial charge in [-0.1, -0.05) is 29.8 Å². The van der Waals surface area contributed by atoms with Gasteiger partial charge in [0.15, 0.2) is 6.61 Å². The Labute approximate surface area is 173 Å². The smallest absolute Gasteiger partial charge is 0.338 e. The molecule has 150 valence electrons. The number of carbonyl (C=O) groups excluding carboxylic acids is 2. The number of aryl methyl sites for hydroxylation is 1. The summed E-state index contributed by atoms with van der Waals surface area (Å²) in [5.74, 6) is -0.0946. The molecule has 3 aromatic rings. The van der Waals surface area contributed by atoms with E-state index in [1.165, 1.54) is 11.9 Å². The van der Waals surface area contributed by atoms with Crippen LogP contribution in [0.4, 0.5) is 0 Å². The van der Waals surface area contributed by atoms with E-state index in [-0.39, 0.29) is 12.5 Å². The first kappa shape index (κ1) is 20.6. The lowest BCUT2D eigenvalue weighted by atomic mass is 10.1. The molecule has 1 amide bonds. The van der Waals surface area contributed by atoms with E-state index >= 15 is 0 Å². The van der Waals surface area contributed by atoms with E-state index in [2.05, 4.69) is 39.7 Å². The van der Waals surface area contributed by atoms with Gasteiger partial charge in [-0.15, -0.1) is 11.8 Å². The zero-order valence-electron chi connectivity index (χ0n) is 16.1. The number of rotatable bonds is 9. The highest BCUT2D eigenvalue weighted by atomic mass is 32.2. The van der Waals surface area contributed by atoms with Crippen LogP contribution in [0.5, 0.6) is 0 Å². The van der Waals surface area contributed by atoms with Crippen LogP contribution in [0, 0.1) is 6.92 Å². The molecule has 1 N–H and O–H groups in total. The number of nitrogens with one attached hydrogen (secondary N) is 1. The third-order valence-corrected chi connectivity index (χ3v) is 5.06. The summed E-state index contributed by atoms with van der Waals surface area (Å²) in [6, 6.07) is 15.2. The van der Waals surface area contributed by atoms with E-state index in [0.717, 1.165) is 16.2 Å². The van der Waals surface area contributed by atoms with Gasteiger partial charge in [-0.05, 0) is 36.8 Å². The Bertz CT molecular complexity index is 926. The summed E-state index contributed by atoms with van der Waals surface area (Å²) in [7, 11) is 0. The maximum absolute atomic E-state index is 12.1. The van der Waals surface area contributed by atoms with Crippen LogP contribution in [0.25, 0.3) is 0 Å². The summed E-state index contributed by atoms with van der Waals surface area (Å²) in [5.41, 5.74) is 2.60. The molecule has 0 unspecified atom stereocenters. The topological polar surface area (TPSA) is 86.1 Å². The summed E-state index contributed by atoms with van der Waals surface area (Å²) >= 11 is 1.66. The molecule has 29 heavy (non-hydrogen) atoms. The molecule has 1 aromatic heterocycles. The van der Waals surface area contributed by atoms with Gasteiger partial charge in [0, 0.05) is 17.2 Å². The third kappa shape index (κ3) is 6.76. The Kier molecular flexibility index (Phi) is 7.40. The molecule has 2 aromatic carbocycles. The fraction of sp³-hybridized carbons (Fsp3) is 0.238. The highest BCUT2D eigenvalue weighted by molar-refractivity contribution is 7.99. The standard InChI is InChI=1S/C21H22N4O3S/c1-16-2-8-19(9-3-16)29-11-10-23-20(26)13-28-21(27)18-6-4-17(5-7-18)12-25-15-22-14-24-25/h2-9,14-15H,10-13H2,1H3,(H,23,26). The van der Waals surface area contributed by atoms with Crippen LogP contribution in [0.1, 0.15) is 21.5 Å². The van der Waals surface area contributed by atoms with Gasteiger partial charge in [-0.2, -0.15) is 5.10 Å². The Hall–Kier alpha value is -3.13. The number of carbonyl (C=O) groups is 2. The Morgan fingerprint density at radius 1 is 1.10 bits per heavy atom. The summed E-state index contributed by atoms with van der Waals surface area (Å²) in [6.07, 6.45) is 3.10. The van der Waals surface area contributed by atoms with E-state index in [4.69, 9.17) is 4.74 Å². The monoisotopic (exact) mass is 410 g/mol. The van der Waals surface area contributed by atoms with Gasteiger partial charge in [0.25, 0.3) is 5.91 Å². The van der Waals surface area contributed by atoms with E-state index < -0.39 is 5.97 Å². The quantitative estimate of drug-likeness (QED) is 0.332. The molecule has 0 saturated carbocycles. The van der Waals surface area contributed by atoms with Crippen LogP contribution < -0.4 is 5.32 Å². The number of amides is 1. The second-order valence-corrected chi connectivity index (χ2v) is 7.55.